The number of Topliss-reactive ketones (excluding diaryl/α,β-unsaturated/α-hetero) is 1. The van der Waals surface area contributed by atoms with E-state index in [0.717, 1.165) is 22.4 Å². The van der Waals surface area contributed by atoms with Crippen molar-refractivity contribution in [1.29, 1.82) is 0 Å². The third kappa shape index (κ3) is 2.82. The largest absolute Gasteiger partial charge is 0.333 e. The SMILES string of the molecule is CC(=O)C(C)n1c(=O)c2c(nc3n(CCc4ccccc4)c(C)c(C)n23)n(C)c1=O. The predicted molar refractivity (Wildman–Crippen MR) is 115 cm³/mol. The minimum atomic E-state index is -0.840. The Labute approximate surface area is 173 Å². The van der Waals surface area contributed by atoms with E-state index in [2.05, 4.69) is 21.7 Å². The quantitative estimate of drug-likeness (QED) is 0.508. The first-order valence-corrected chi connectivity index (χ1v) is 9.97. The van der Waals surface area contributed by atoms with E-state index in [1.807, 2.05) is 32.0 Å². The molecular weight excluding hydrogens is 382 g/mol. The van der Waals surface area contributed by atoms with Gasteiger partial charge in [0.1, 0.15) is 0 Å². The topological polar surface area (TPSA) is 83.3 Å². The summed E-state index contributed by atoms with van der Waals surface area (Å²) in [5.41, 5.74) is 2.71. The van der Waals surface area contributed by atoms with Crippen molar-refractivity contribution < 1.29 is 4.79 Å². The van der Waals surface area contributed by atoms with Gasteiger partial charge >= 0.3 is 5.69 Å². The van der Waals surface area contributed by atoms with Gasteiger partial charge in [-0.1, -0.05) is 30.3 Å². The van der Waals surface area contributed by atoms with Gasteiger partial charge in [0.25, 0.3) is 5.56 Å². The molecule has 0 aliphatic rings. The van der Waals surface area contributed by atoms with Crippen LogP contribution in [0.3, 0.4) is 0 Å². The monoisotopic (exact) mass is 407 g/mol. The Morgan fingerprint density at radius 3 is 2.40 bits per heavy atom. The normalized spacial score (nSPS) is 12.7. The fourth-order valence-electron chi connectivity index (χ4n) is 3.96. The number of imidazole rings is 2. The molecule has 0 bridgehead atoms. The molecule has 0 saturated heterocycles. The summed E-state index contributed by atoms with van der Waals surface area (Å²) < 4.78 is 6.25. The van der Waals surface area contributed by atoms with Crippen molar-refractivity contribution in [3.8, 4) is 0 Å². The van der Waals surface area contributed by atoms with Gasteiger partial charge in [0.2, 0.25) is 5.78 Å². The molecule has 0 aliphatic carbocycles. The number of hydrogen-bond acceptors (Lipinski definition) is 4. The molecule has 30 heavy (non-hydrogen) atoms. The van der Waals surface area contributed by atoms with E-state index in [9.17, 15) is 14.4 Å². The van der Waals surface area contributed by atoms with E-state index in [4.69, 9.17) is 0 Å². The number of carbonyl (C=O) groups is 1. The average Bonchev–Trinajstić information content (AvgIpc) is 3.22. The van der Waals surface area contributed by atoms with Gasteiger partial charge in [0, 0.05) is 25.0 Å². The molecule has 0 saturated carbocycles. The number of rotatable bonds is 5. The molecule has 156 valence electrons. The van der Waals surface area contributed by atoms with Crippen LogP contribution in [0.2, 0.25) is 0 Å². The van der Waals surface area contributed by atoms with Crippen LogP contribution in [0.5, 0.6) is 0 Å². The van der Waals surface area contributed by atoms with Crippen LogP contribution in [-0.4, -0.2) is 28.9 Å². The van der Waals surface area contributed by atoms with Crippen molar-refractivity contribution in [3.63, 3.8) is 0 Å². The molecule has 0 fully saturated rings. The van der Waals surface area contributed by atoms with E-state index in [-0.39, 0.29) is 5.78 Å². The Hall–Kier alpha value is -3.42. The van der Waals surface area contributed by atoms with Gasteiger partial charge in [-0.25, -0.2) is 9.36 Å². The fraction of sp³-hybridized carbons (Fsp3) is 0.364. The van der Waals surface area contributed by atoms with Crippen LogP contribution in [0, 0.1) is 13.8 Å². The van der Waals surface area contributed by atoms with Crippen LogP contribution >= 0.6 is 0 Å². The second-order valence-corrected chi connectivity index (χ2v) is 7.78. The number of aromatic nitrogens is 5. The zero-order valence-corrected chi connectivity index (χ0v) is 17.8. The van der Waals surface area contributed by atoms with E-state index >= 15 is 0 Å². The van der Waals surface area contributed by atoms with Crippen molar-refractivity contribution in [3.05, 3.63) is 68.1 Å². The van der Waals surface area contributed by atoms with Gasteiger partial charge in [-0.15, -0.1) is 0 Å². The van der Waals surface area contributed by atoms with Gasteiger partial charge in [-0.2, -0.15) is 4.98 Å². The Kier molecular flexibility index (Phi) is 4.72. The molecule has 8 heteroatoms. The number of hydrogen-bond donors (Lipinski definition) is 0. The third-order valence-electron chi connectivity index (χ3n) is 6.02. The highest BCUT2D eigenvalue weighted by molar-refractivity contribution is 5.81. The minimum Gasteiger partial charge on any atom is -0.314 e. The lowest BCUT2D eigenvalue weighted by Crippen LogP contribution is -2.42. The Balaban J connectivity index is 1.98. The zero-order valence-electron chi connectivity index (χ0n) is 17.8. The average molecular weight is 407 g/mol. The summed E-state index contributed by atoms with van der Waals surface area (Å²) in [4.78, 5) is 42.7. The molecule has 0 radical (unpaired) electrons. The van der Waals surface area contributed by atoms with E-state index in [1.54, 1.807) is 18.4 Å². The van der Waals surface area contributed by atoms with Crippen molar-refractivity contribution >= 4 is 22.7 Å². The van der Waals surface area contributed by atoms with Crippen LogP contribution in [0.15, 0.2) is 39.9 Å². The summed E-state index contributed by atoms with van der Waals surface area (Å²) in [6.45, 7) is 7.58. The lowest BCUT2D eigenvalue weighted by atomic mass is 10.1. The van der Waals surface area contributed by atoms with Gasteiger partial charge < -0.3 is 4.57 Å². The molecular formula is C22H25N5O3. The summed E-state index contributed by atoms with van der Waals surface area (Å²) in [6, 6.07) is 9.33. The first kappa shape index (κ1) is 19.9. The third-order valence-corrected chi connectivity index (χ3v) is 6.02. The highest BCUT2D eigenvalue weighted by atomic mass is 16.2. The molecule has 0 amide bonds. The van der Waals surface area contributed by atoms with Crippen LogP contribution in [0.4, 0.5) is 0 Å². The molecule has 8 nitrogen and oxygen atoms in total. The number of fused-ring (bicyclic) bond motifs is 3. The molecule has 0 spiro atoms. The van der Waals surface area contributed by atoms with E-state index < -0.39 is 17.3 Å². The van der Waals surface area contributed by atoms with Crippen molar-refractivity contribution in [2.45, 2.75) is 46.7 Å². The summed E-state index contributed by atoms with van der Waals surface area (Å²) in [6.07, 6.45) is 0.819. The zero-order chi connectivity index (χ0) is 21.7. The molecule has 3 aromatic heterocycles. The van der Waals surface area contributed by atoms with E-state index in [0.29, 0.717) is 23.5 Å². The van der Waals surface area contributed by atoms with Gasteiger partial charge in [-0.3, -0.25) is 18.6 Å². The fourth-order valence-corrected chi connectivity index (χ4v) is 3.96. The minimum absolute atomic E-state index is 0.248. The summed E-state index contributed by atoms with van der Waals surface area (Å²) >= 11 is 0. The standard InChI is InChI=1S/C22H25N5O3/c1-13-14(2)26-18-19(24(5)22(30)27(20(18)29)15(3)16(4)28)23-21(26)25(13)12-11-17-9-7-6-8-10-17/h6-10,15H,11-12H2,1-5H3. The molecule has 1 atom stereocenters. The number of ketones is 1. The van der Waals surface area contributed by atoms with Crippen molar-refractivity contribution in [1.82, 2.24) is 23.1 Å². The first-order chi connectivity index (χ1) is 14.2. The molecule has 4 rings (SSSR count). The number of benzene rings is 1. The molecule has 1 aromatic carbocycles. The van der Waals surface area contributed by atoms with E-state index in [1.165, 1.54) is 17.1 Å². The lowest BCUT2D eigenvalue weighted by molar-refractivity contribution is -0.119. The van der Waals surface area contributed by atoms with Gasteiger partial charge in [0.05, 0.1) is 6.04 Å². The van der Waals surface area contributed by atoms with Crippen LogP contribution < -0.4 is 11.2 Å². The maximum atomic E-state index is 13.3. The lowest BCUT2D eigenvalue weighted by Gasteiger charge is -2.12. The van der Waals surface area contributed by atoms with Crippen LogP contribution in [0.25, 0.3) is 16.9 Å². The number of carbonyl (C=O) groups excluding carboxylic acids is 1. The smallest absolute Gasteiger partial charge is 0.314 e. The Bertz CT molecular complexity index is 1400. The maximum absolute atomic E-state index is 13.3. The first-order valence-electron chi connectivity index (χ1n) is 9.97. The summed E-state index contributed by atoms with van der Waals surface area (Å²) in [5, 5.41) is 0. The van der Waals surface area contributed by atoms with Crippen LogP contribution in [0.1, 0.15) is 36.8 Å². The molecule has 0 aliphatic heterocycles. The summed E-state index contributed by atoms with van der Waals surface area (Å²) in [7, 11) is 1.58. The summed E-state index contributed by atoms with van der Waals surface area (Å²) in [5.74, 6) is 0.374. The van der Waals surface area contributed by atoms with Gasteiger partial charge in [-0.05, 0) is 39.7 Å². The second kappa shape index (κ2) is 7.12. The number of aryl methyl sites for hydroxylation is 4. The predicted octanol–water partition coefficient (Wildman–Crippen LogP) is 2.16. The molecule has 0 N–H and O–H groups in total. The second-order valence-electron chi connectivity index (χ2n) is 7.78. The highest BCUT2D eigenvalue weighted by Crippen LogP contribution is 2.21. The van der Waals surface area contributed by atoms with Crippen molar-refractivity contribution in [2.75, 3.05) is 0 Å². The Morgan fingerprint density at radius 2 is 1.77 bits per heavy atom. The molecule has 1 unspecified atom stereocenters. The van der Waals surface area contributed by atoms with Crippen LogP contribution in [-0.2, 0) is 24.8 Å². The molecule has 3 heterocycles. The van der Waals surface area contributed by atoms with Gasteiger partial charge in [0.15, 0.2) is 16.9 Å². The Morgan fingerprint density at radius 1 is 1.10 bits per heavy atom. The highest BCUT2D eigenvalue weighted by Gasteiger charge is 2.25. The van der Waals surface area contributed by atoms with Crippen molar-refractivity contribution in [2.24, 2.45) is 7.05 Å². The number of nitrogens with zero attached hydrogens (tertiary/aromatic N) is 5. The maximum Gasteiger partial charge on any atom is 0.333 e. The molecule has 4 aromatic rings.